The first kappa shape index (κ1) is 13.1. The summed E-state index contributed by atoms with van der Waals surface area (Å²) in [5.41, 5.74) is 0.880. The molecule has 0 aromatic heterocycles. The molecule has 0 heterocycles. The van der Waals surface area contributed by atoms with Crippen LogP contribution in [0.15, 0.2) is 24.3 Å². The zero-order valence-corrected chi connectivity index (χ0v) is 10.0. The standard InChI is InChI=1S/C14H17NO2/c1-3-9-15(10-4-2)14(17)11-12-5-7-13(16)8-6-12/h1,5-8,16H,4,9-11H2,2H3. The number of carbonyl (C=O) groups is 1. The van der Waals surface area contributed by atoms with E-state index in [0.717, 1.165) is 12.0 Å². The van der Waals surface area contributed by atoms with E-state index in [4.69, 9.17) is 11.5 Å². The number of hydrogen-bond donors (Lipinski definition) is 1. The molecule has 17 heavy (non-hydrogen) atoms. The van der Waals surface area contributed by atoms with Crippen molar-refractivity contribution >= 4 is 5.91 Å². The van der Waals surface area contributed by atoms with Crippen LogP contribution in [-0.4, -0.2) is 29.0 Å². The number of aromatic hydroxyl groups is 1. The molecule has 0 bridgehead atoms. The average molecular weight is 231 g/mol. The maximum atomic E-state index is 11.9. The summed E-state index contributed by atoms with van der Waals surface area (Å²) in [6, 6.07) is 6.64. The normalized spacial score (nSPS) is 9.65. The molecular formula is C14H17NO2. The van der Waals surface area contributed by atoms with Crippen LogP contribution in [-0.2, 0) is 11.2 Å². The molecule has 1 aromatic rings. The van der Waals surface area contributed by atoms with Crippen molar-refractivity contribution in [3.63, 3.8) is 0 Å². The van der Waals surface area contributed by atoms with Crippen LogP contribution in [0.25, 0.3) is 0 Å². The molecule has 0 fully saturated rings. The van der Waals surface area contributed by atoms with Crippen molar-refractivity contribution in [1.29, 1.82) is 0 Å². The van der Waals surface area contributed by atoms with Crippen molar-refractivity contribution in [3.05, 3.63) is 29.8 Å². The Labute approximate surface area is 102 Å². The molecule has 3 nitrogen and oxygen atoms in total. The molecule has 0 aliphatic carbocycles. The van der Waals surface area contributed by atoms with Crippen LogP contribution < -0.4 is 0 Å². The maximum absolute atomic E-state index is 11.9. The number of phenolic OH excluding ortho intramolecular Hbond substituents is 1. The summed E-state index contributed by atoms with van der Waals surface area (Å²) in [5.74, 6) is 2.72. The summed E-state index contributed by atoms with van der Waals surface area (Å²) in [7, 11) is 0. The first-order valence-electron chi connectivity index (χ1n) is 5.66. The van der Waals surface area contributed by atoms with E-state index in [1.165, 1.54) is 0 Å². The second-order valence-electron chi connectivity index (χ2n) is 3.86. The highest BCUT2D eigenvalue weighted by Crippen LogP contribution is 2.11. The van der Waals surface area contributed by atoms with Gasteiger partial charge < -0.3 is 10.0 Å². The third-order valence-electron chi connectivity index (χ3n) is 2.42. The summed E-state index contributed by atoms with van der Waals surface area (Å²) < 4.78 is 0. The number of terminal acetylenes is 1. The van der Waals surface area contributed by atoms with E-state index in [2.05, 4.69) is 5.92 Å². The predicted molar refractivity (Wildman–Crippen MR) is 67.5 cm³/mol. The van der Waals surface area contributed by atoms with Gasteiger partial charge in [-0.1, -0.05) is 25.0 Å². The lowest BCUT2D eigenvalue weighted by Crippen LogP contribution is -2.33. The van der Waals surface area contributed by atoms with Crippen LogP contribution in [0.5, 0.6) is 5.75 Å². The molecule has 0 aliphatic heterocycles. The van der Waals surface area contributed by atoms with E-state index in [1.807, 2.05) is 6.92 Å². The highest BCUT2D eigenvalue weighted by molar-refractivity contribution is 5.79. The van der Waals surface area contributed by atoms with E-state index in [1.54, 1.807) is 29.2 Å². The molecule has 0 aliphatic rings. The summed E-state index contributed by atoms with van der Waals surface area (Å²) >= 11 is 0. The number of benzene rings is 1. The van der Waals surface area contributed by atoms with Gasteiger partial charge in [0.25, 0.3) is 0 Å². The lowest BCUT2D eigenvalue weighted by molar-refractivity contribution is -0.129. The minimum Gasteiger partial charge on any atom is -0.508 e. The van der Waals surface area contributed by atoms with Crippen LogP contribution in [0.1, 0.15) is 18.9 Å². The first-order chi connectivity index (χ1) is 8.17. The van der Waals surface area contributed by atoms with Gasteiger partial charge in [-0.25, -0.2) is 0 Å². The van der Waals surface area contributed by atoms with E-state index in [9.17, 15) is 4.79 Å². The topological polar surface area (TPSA) is 40.5 Å². The van der Waals surface area contributed by atoms with Gasteiger partial charge in [0.2, 0.25) is 5.91 Å². The van der Waals surface area contributed by atoms with E-state index < -0.39 is 0 Å². The molecule has 1 amide bonds. The van der Waals surface area contributed by atoms with Gasteiger partial charge in [0, 0.05) is 6.54 Å². The Bertz CT molecular complexity index is 403. The fraction of sp³-hybridized carbons (Fsp3) is 0.357. The molecule has 1 rings (SSSR count). The Hall–Kier alpha value is -1.95. The van der Waals surface area contributed by atoms with Gasteiger partial charge >= 0.3 is 0 Å². The summed E-state index contributed by atoms with van der Waals surface area (Å²) in [4.78, 5) is 13.6. The largest absolute Gasteiger partial charge is 0.508 e. The quantitative estimate of drug-likeness (QED) is 0.785. The lowest BCUT2D eigenvalue weighted by atomic mass is 10.1. The summed E-state index contributed by atoms with van der Waals surface area (Å²) in [6.45, 7) is 3.04. The molecule has 0 saturated heterocycles. The predicted octanol–water partition coefficient (Wildman–Crippen LogP) is 1.81. The second-order valence-corrected chi connectivity index (χ2v) is 3.86. The van der Waals surface area contributed by atoms with Crippen molar-refractivity contribution in [2.24, 2.45) is 0 Å². The first-order valence-corrected chi connectivity index (χ1v) is 5.66. The maximum Gasteiger partial charge on any atom is 0.227 e. The van der Waals surface area contributed by atoms with E-state index >= 15 is 0 Å². The molecule has 1 N–H and O–H groups in total. The van der Waals surface area contributed by atoms with Gasteiger partial charge in [-0.3, -0.25) is 4.79 Å². The fourth-order valence-corrected chi connectivity index (χ4v) is 1.57. The van der Waals surface area contributed by atoms with Gasteiger partial charge in [-0.15, -0.1) is 6.42 Å². The van der Waals surface area contributed by atoms with Gasteiger partial charge in [-0.05, 0) is 24.1 Å². The Balaban J connectivity index is 2.63. The van der Waals surface area contributed by atoms with Gasteiger partial charge in [0.05, 0.1) is 13.0 Å². The summed E-state index contributed by atoms with van der Waals surface area (Å²) in [6.07, 6.45) is 6.45. The highest BCUT2D eigenvalue weighted by atomic mass is 16.3. The highest BCUT2D eigenvalue weighted by Gasteiger charge is 2.11. The van der Waals surface area contributed by atoms with Crippen molar-refractivity contribution in [3.8, 4) is 18.1 Å². The van der Waals surface area contributed by atoms with Crippen LogP contribution in [0.3, 0.4) is 0 Å². The SMILES string of the molecule is C#CCN(CCC)C(=O)Cc1ccc(O)cc1. The zero-order chi connectivity index (χ0) is 12.7. The molecule has 0 spiro atoms. The lowest BCUT2D eigenvalue weighted by Gasteiger charge is -2.19. The third kappa shape index (κ3) is 4.20. The smallest absolute Gasteiger partial charge is 0.227 e. The van der Waals surface area contributed by atoms with Crippen molar-refractivity contribution in [2.45, 2.75) is 19.8 Å². The molecule has 0 radical (unpaired) electrons. The number of hydrogen-bond acceptors (Lipinski definition) is 2. The number of amides is 1. The van der Waals surface area contributed by atoms with Crippen molar-refractivity contribution in [1.82, 2.24) is 4.90 Å². The molecule has 3 heteroatoms. The van der Waals surface area contributed by atoms with Crippen LogP contribution in [0.4, 0.5) is 0 Å². The monoisotopic (exact) mass is 231 g/mol. The van der Waals surface area contributed by atoms with Crippen LogP contribution in [0.2, 0.25) is 0 Å². The fourth-order valence-electron chi connectivity index (χ4n) is 1.57. The molecule has 0 saturated carbocycles. The third-order valence-corrected chi connectivity index (χ3v) is 2.42. The molecule has 0 unspecified atom stereocenters. The zero-order valence-electron chi connectivity index (χ0n) is 10.0. The molecule has 90 valence electrons. The Morgan fingerprint density at radius 3 is 2.59 bits per heavy atom. The van der Waals surface area contributed by atoms with Gasteiger partial charge in [-0.2, -0.15) is 0 Å². The van der Waals surface area contributed by atoms with Crippen molar-refractivity contribution in [2.75, 3.05) is 13.1 Å². The summed E-state index contributed by atoms with van der Waals surface area (Å²) in [5, 5.41) is 9.15. The van der Waals surface area contributed by atoms with E-state index in [0.29, 0.717) is 19.5 Å². The number of nitrogens with zero attached hydrogens (tertiary/aromatic N) is 1. The van der Waals surface area contributed by atoms with E-state index in [-0.39, 0.29) is 11.7 Å². The minimum absolute atomic E-state index is 0.0236. The molecule has 1 aromatic carbocycles. The Kier molecular flexibility index (Phi) is 5.09. The minimum atomic E-state index is 0.0236. The van der Waals surface area contributed by atoms with Crippen LogP contribution in [0, 0.1) is 12.3 Å². The molecular weight excluding hydrogens is 214 g/mol. The number of carbonyl (C=O) groups excluding carboxylic acids is 1. The Morgan fingerprint density at radius 1 is 1.41 bits per heavy atom. The number of phenols is 1. The second kappa shape index (κ2) is 6.59. The molecule has 0 atom stereocenters. The number of rotatable bonds is 5. The van der Waals surface area contributed by atoms with Gasteiger partial charge in [0.15, 0.2) is 0 Å². The average Bonchev–Trinajstić information content (AvgIpc) is 2.32. The van der Waals surface area contributed by atoms with Crippen molar-refractivity contribution < 1.29 is 9.90 Å². The van der Waals surface area contributed by atoms with Crippen LogP contribution >= 0.6 is 0 Å². The van der Waals surface area contributed by atoms with Gasteiger partial charge in [0.1, 0.15) is 5.75 Å². The Morgan fingerprint density at radius 2 is 2.06 bits per heavy atom.